The van der Waals surface area contributed by atoms with Crippen LogP contribution in [-0.4, -0.2) is 68.5 Å². The maximum absolute atomic E-state index is 12.8. The Balaban J connectivity index is 4.48. The summed E-state index contributed by atoms with van der Waals surface area (Å²) in [5.74, 6) is -0.197. The summed E-state index contributed by atoms with van der Waals surface area (Å²) < 4.78 is 23.1. The molecule has 0 fully saturated rings. The van der Waals surface area contributed by atoms with Gasteiger partial charge in [0, 0.05) is 6.42 Å². The standard InChI is InChI=1S/C40H81N2O6P/c1-6-8-10-12-14-16-18-20-22-23-25-27-29-31-33-39(43)38(37-48-49(45,46)47-36-35-42(3,4)5)41-40(44)34-32-30-28-26-24-21-19-17-15-13-11-9-7-2/h31,33,38-39,43H,6-30,32,34-37H2,1-5H3,(H-,41,44,45,46)/b33-31+. The molecular formula is C40H81N2O6P. The highest BCUT2D eigenvalue weighted by atomic mass is 31.2. The van der Waals surface area contributed by atoms with Crippen LogP contribution in [0.2, 0.25) is 0 Å². The number of phosphoric acid groups is 1. The molecule has 3 atom stereocenters. The quantitative estimate of drug-likeness (QED) is 0.0287. The molecule has 0 aromatic carbocycles. The number of unbranched alkanes of at least 4 members (excludes halogenated alkanes) is 24. The van der Waals surface area contributed by atoms with Gasteiger partial charge in [0.25, 0.3) is 7.82 Å². The summed E-state index contributed by atoms with van der Waals surface area (Å²) in [5.41, 5.74) is 0. The van der Waals surface area contributed by atoms with Crippen molar-refractivity contribution in [3.05, 3.63) is 12.2 Å². The SMILES string of the molecule is CCCCCCCCCCCCCC/C=C/C(O)C(COP(=O)([O-])OCC[N+](C)(C)C)NC(=O)CCCCCCCCCCCCCCC. The molecule has 0 aliphatic rings. The zero-order valence-electron chi connectivity index (χ0n) is 32.9. The summed E-state index contributed by atoms with van der Waals surface area (Å²) in [5, 5.41) is 13.7. The van der Waals surface area contributed by atoms with Gasteiger partial charge in [0.05, 0.1) is 39.9 Å². The summed E-state index contributed by atoms with van der Waals surface area (Å²) in [6.07, 6.45) is 35.3. The van der Waals surface area contributed by atoms with E-state index in [0.29, 0.717) is 17.4 Å². The van der Waals surface area contributed by atoms with Gasteiger partial charge >= 0.3 is 0 Å². The van der Waals surface area contributed by atoms with Crippen molar-refractivity contribution in [3.8, 4) is 0 Å². The van der Waals surface area contributed by atoms with E-state index >= 15 is 0 Å². The van der Waals surface area contributed by atoms with Crippen molar-refractivity contribution in [2.45, 2.75) is 199 Å². The molecule has 292 valence electrons. The molecule has 0 bridgehead atoms. The van der Waals surface area contributed by atoms with Crippen molar-refractivity contribution in [2.75, 3.05) is 40.9 Å². The molecule has 0 rings (SSSR count). The van der Waals surface area contributed by atoms with Gasteiger partial charge in [-0.15, -0.1) is 0 Å². The minimum absolute atomic E-state index is 0.00184. The number of carbonyl (C=O) groups is 1. The van der Waals surface area contributed by atoms with Gasteiger partial charge in [-0.3, -0.25) is 9.36 Å². The Kier molecular flexibility index (Phi) is 32.6. The molecule has 0 aliphatic carbocycles. The number of rotatable bonds is 37. The maximum Gasteiger partial charge on any atom is 0.268 e. The summed E-state index contributed by atoms with van der Waals surface area (Å²) >= 11 is 0. The molecule has 3 unspecified atom stereocenters. The van der Waals surface area contributed by atoms with Gasteiger partial charge in [-0.2, -0.15) is 0 Å². The molecule has 49 heavy (non-hydrogen) atoms. The fourth-order valence-corrected chi connectivity index (χ4v) is 6.64. The van der Waals surface area contributed by atoms with Gasteiger partial charge in [0.15, 0.2) is 0 Å². The Morgan fingerprint density at radius 3 is 1.53 bits per heavy atom. The summed E-state index contributed by atoms with van der Waals surface area (Å²) in [6.45, 7) is 4.64. The zero-order valence-corrected chi connectivity index (χ0v) is 33.8. The minimum atomic E-state index is -4.57. The second-order valence-electron chi connectivity index (χ2n) is 15.4. The predicted octanol–water partition coefficient (Wildman–Crippen LogP) is 10.2. The van der Waals surface area contributed by atoms with Gasteiger partial charge in [-0.25, -0.2) is 0 Å². The van der Waals surface area contributed by atoms with Crippen LogP contribution in [0, 0.1) is 0 Å². The first kappa shape index (κ1) is 48.2. The van der Waals surface area contributed by atoms with Crippen LogP contribution < -0.4 is 10.2 Å². The first-order valence-corrected chi connectivity index (χ1v) is 22.0. The van der Waals surface area contributed by atoms with Crippen LogP contribution in [0.1, 0.15) is 187 Å². The second kappa shape index (κ2) is 33.1. The Bertz CT molecular complexity index is 819. The summed E-state index contributed by atoms with van der Waals surface area (Å²) in [7, 11) is 1.27. The van der Waals surface area contributed by atoms with E-state index in [4.69, 9.17) is 9.05 Å². The van der Waals surface area contributed by atoms with E-state index in [2.05, 4.69) is 19.2 Å². The first-order valence-electron chi connectivity index (χ1n) is 20.6. The van der Waals surface area contributed by atoms with Gasteiger partial charge in [-0.05, 0) is 19.3 Å². The third-order valence-electron chi connectivity index (χ3n) is 9.25. The van der Waals surface area contributed by atoms with E-state index in [9.17, 15) is 19.4 Å². The molecule has 2 N–H and O–H groups in total. The molecule has 9 heteroatoms. The van der Waals surface area contributed by atoms with Crippen LogP contribution in [0.5, 0.6) is 0 Å². The molecule has 0 spiro atoms. The Morgan fingerprint density at radius 1 is 0.694 bits per heavy atom. The molecule has 8 nitrogen and oxygen atoms in total. The number of nitrogens with zero attached hydrogens (tertiary/aromatic N) is 1. The smallest absolute Gasteiger partial charge is 0.268 e. The fraction of sp³-hybridized carbons (Fsp3) is 0.925. The lowest BCUT2D eigenvalue weighted by Crippen LogP contribution is -2.45. The van der Waals surface area contributed by atoms with Crippen molar-refractivity contribution in [3.63, 3.8) is 0 Å². The monoisotopic (exact) mass is 717 g/mol. The normalized spacial score (nSPS) is 14.7. The maximum atomic E-state index is 12.8. The van der Waals surface area contributed by atoms with Crippen LogP contribution in [0.3, 0.4) is 0 Å². The Hall–Kier alpha value is -0.760. The van der Waals surface area contributed by atoms with Gasteiger partial charge in [0.2, 0.25) is 5.91 Å². The van der Waals surface area contributed by atoms with Crippen molar-refractivity contribution >= 4 is 13.7 Å². The number of phosphoric ester groups is 1. The molecular weight excluding hydrogens is 635 g/mol. The van der Waals surface area contributed by atoms with Gasteiger partial charge in [-0.1, -0.05) is 174 Å². The number of nitrogens with one attached hydrogen (secondary N) is 1. The second-order valence-corrected chi connectivity index (χ2v) is 16.8. The highest BCUT2D eigenvalue weighted by Crippen LogP contribution is 2.38. The van der Waals surface area contributed by atoms with Crippen molar-refractivity contribution in [1.29, 1.82) is 0 Å². The topological polar surface area (TPSA) is 108 Å². The van der Waals surface area contributed by atoms with Gasteiger partial charge in [0.1, 0.15) is 13.2 Å². The van der Waals surface area contributed by atoms with Crippen molar-refractivity contribution in [1.82, 2.24) is 5.32 Å². The number of aliphatic hydroxyl groups is 1. The average molecular weight is 717 g/mol. The number of amides is 1. The van der Waals surface area contributed by atoms with E-state index in [1.807, 2.05) is 27.2 Å². The number of carbonyl (C=O) groups excluding carboxylic acids is 1. The van der Waals surface area contributed by atoms with E-state index in [1.165, 1.54) is 128 Å². The molecule has 1 amide bonds. The molecule has 0 saturated carbocycles. The highest BCUT2D eigenvalue weighted by Gasteiger charge is 2.23. The van der Waals surface area contributed by atoms with Crippen LogP contribution >= 0.6 is 7.82 Å². The average Bonchev–Trinajstić information content (AvgIpc) is 3.04. The van der Waals surface area contributed by atoms with E-state index in [-0.39, 0.29) is 19.1 Å². The molecule has 0 heterocycles. The highest BCUT2D eigenvalue weighted by molar-refractivity contribution is 7.45. The largest absolute Gasteiger partial charge is 0.756 e. The van der Waals surface area contributed by atoms with Crippen LogP contribution in [0.25, 0.3) is 0 Å². The van der Waals surface area contributed by atoms with Crippen molar-refractivity contribution in [2.24, 2.45) is 0 Å². The van der Waals surface area contributed by atoms with E-state index in [0.717, 1.165) is 38.5 Å². The summed E-state index contributed by atoms with van der Waals surface area (Å²) in [6, 6.07) is -0.878. The van der Waals surface area contributed by atoms with Crippen molar-refractivity contribution < 1.29 is 32.9 Å². The van der Waals surface area contributed by atoms with Crippen LogP contribution in [0.15, 0.2) is 12.2 Å². The molecule has 0 radical (unpaired) electrons. The van der Waals surface area contributed by atoms with E-state index < -0.39 is 20.0 Å². The Labute approximate surface area is 303 Å². The number of quaternary nitrogens is 1. The van der Waals surface area contributed by atoms with Crippen LogP contribution in [-0.2, 0) is 18.4 Å². The molecule has 0 aromatic rings. The number of allylic oxidation sites excluding steroid dienone is 1. The Morgan fingerprint density at radius 2 is 1.10 bits per heavy atom. The third kappa shape index (κ3) is 35.4. The predicted molar refractivity (Wildman–Crippen MR) is 205 cm³/mol. The summed E-state index contributed by atoms with van der Waals surface area (Å²) in [4.78, 5) is 25.2. The van der Waals surface area contributed by atoms with Crippen LogP contribution in [0.4, 0.5) is 0 Å². The van der Waals surface area contributed by atoms with E-state index in [1.54, 1.807) is 6.08 Å². The lowest BCUT2D eigenvalue weighted by molar-refractivity contribution is -0.870. The lowest BCUT2D eigenvalue weighted by atomic mass is 10.0. The number of aliphatic hydroxyl groups excluding tert-OH is 1. The number of hydrogen-bond donors (Lipinski definition) is 2. The molecule has 0 aliphatic heterocycles. The molecule has 0 aromatic heterocycles. The zero-order chi connectivity index (χ0) is 36.5. The minimum Gasteiger partial charge on any atom is -0.756 e. The third-order valence-corrected chi connectivity index (χ3v) is 10.2. The molecule has 0 saturated heterocycles. The fourth-order valence-electron chi connectivity index (χ4n) is 5.92. The first-order chi connectivity index (χ1) is 23.5. The van der Waals surface area contributed by atoms with Gasteiger partial charge < -0.3 is 28.8 Å². The number of hydrogen-bond acceptors (Lipinski definition) is 6. The number of likely N-dealkylation sites (N-methyl/N-ethyl adjacent to an activating group) is 1. The lowest BCUT2D eigenvalue weighted by Gasteiger charge is -2.29.